The lowest BCUT2D eigenvalue weighted by Crippen LogP contribution is -2.60. The Labute approximate surface area is 153 Å². The number of piperidine rings is 1. The van der Waals surface area contributed by atoms with Gasteiger partial charge in [-0.1, -0.05) is 24.6 Å². The van der Waals surface area contributed by atoms with Gasteiger partial charge in [0.1, 0.15) is 4.90 Å². The summed E-state index contributed by atoms with van der Waals surface area (Å²) >= 11 is 3.36. The van der Waals surface area contributed by atoms with Crippen LogP contribution in [0.4, 0.5) is 26.3 Å². The third-order valence-electron chi connectivity index (χ3n) is 3.67. The van der Waals surface area contributed by atoms with Crippen LogP contribution in [0.25, 0.3) is 0 Å². The molecule has 1 heterocycles. The SMILES string of the molecule is CC(F)(F)C(F)(F)C(F)(F)S(=O)(=O)N1CCCCC1.[SH2+]c1ccccc1. The summed E-state index contributed by atoms with van der Waals surface area (Å²) in [6, 6.07) is 9.96. The van der Waals surface area contributed by atoms with Crippen molar-refractivity contribution in [2.45, 2.75) is 48.2 Å². The van der Waals surface area contributed by atoms with Gasteiger partial charge < -0.3 is 0 Å². The minimum atomic E-state index is -5.98. The second kappa shape index (κ2) is 8.39. The van der Waals surface area contributed by atoms with Gasteiger partial charge in [0.05, 0.1) is 0 Å². The van der Waals surface area contributed by atoms with Gasteiger partial charge in [-0.25, -0.2) is 8.42 Å². The van der Waals surface area contributed by atoms with Crippen molar-refractivity contribution in [2.75, 3.05) is 13.1 Å². The van der Waals surface area contributed by atoms with Crippen molar-refractivity contribution in [1.82, 2.24) is 4.31 Å². The minimum absolute atomic E-state index is 0.149. The number of alkyl halides is 6. The molecule has 0 amide bonds. The fourth-order valence-electron chi connectivity index (χ4n) is 2.12. The normalized spacial score (nSPS) is 17.4. The van der Waals surface area contributed by atoms with Crippen LogP contribution >= 0.6 is 0 Å². The van der Waals surface area contributed by atoms with E-state index < -0.39 is 34.0 Å². The number of benzene rings is 1. The van der Waals surface area contributed by atoms with E-state index in [1.807, 2.05) is 30.3 Å². The molecule has 1 saturated heterocycles. The molecule has 11 heteroatoms. The molecule has 0 saturated carbocycles. The molecule has 0 bridgehead atoms. The van der Waals surface area contributed by atoms with Gasteiger partial charge in [0.15, 0.2) is 0 Å². The largest absolute Gasteiger partial charge is 0.427 e. The molecular weight excluding hydrogens is 404 g/mol. The summed E-state index contributed by atoms with van der Waals surface area (Å²) < 4.78 is 101. The second-order valence-corrected chi connectivity index (χ2v) is 8.37. The van der Waals surface area contributed by atoms with Crippen LogP contribution in [0.3, 0.4) is 0 Å². The van der Waals surface area contributed by atoms with Crippen LogP contribution in [0.15, 0.2) is 35.2 Å². The highest BCUT2D eigenvalue weighted by molar-refractivity contribution is 7.90. The summed E-state index contributed by atoms with van der Waals surface area (Å²) in [5.41, 5.74) is 0. The Hall–Kier alpha value is -0.940. The van der Waals surface area contributed by atoms with Gasteiger partial charge in [-0.2, -0.15) is 30.6 Å². The summed E-state index contributed by atoms with van der Waals surface area (Å²) in [6.45, 7) is -1.18. The van der Waals surface area contributed by atoms with Gasteiger partial charge in [0.25, 0.3) is 10.0 Å². The Morgan fingerprint density at radius 3 is 1.73 bits per heavy atom. The highest BCUT2D eigenvalue weighted by atomic mass is 32.2. The molecule has 3 nitrogen and oxygen atoms in total. The molecule has 1 aliphatic heterocycles. The predicted molar refractivity (Wildman–Crippen MR) is 89.7 cm³/mol. The Morgan fingerprint density at radius 1 is 0.923 bits per heavy atom. The topological polar surface area (TPSA) is 37.4 Å². The maximum Gasteiger partial charge on any atom is 0.427 e. The minimum Gasteiger partial charge on any atom is -0.206 e. The smallest absolute Gasteiger partial charge is 0.206 e. The van der Waals surface area contributed by atoms with Crippen LogP contribution in [0.1, 0.15) is 26.2 Å². The molecule has 0 unspecified atom stereocenters. The number of hydrogen-bond donors (Lipinski definition) is 0. The number of hydrogen-bond acceptors (Lipinski definition) is 2. The van der Waals surface area contributed by atoms with E-state index in [4.69, 9.17) is 0 Å². The van der Waals surface area contributed by atoms with Crippen LogP contribution < -0.4 is 0 Å². The molecule has 26 heavy (non-hydrogen) atoms. The van der Waals surface area contributed by atoms with Crippen LogP contribution in [0.2, 0.25) is 0 Å². The summed E-state index contributed by atoms with van der Waals surface area (Å²) in [6.07, 6.45) is 1.02. The van der Waals surface area contributed by atoms with E-state index in [2.05, 4.69) is 12.6 Å². The summed E-state index contributed by atoms with van der Waals surface area (Å²) in [5, 5.41) is -5.85. The first kappa shape index (κ1) is 23.1. The summed E-state index contributed by atoms with van der Waals surface area (Å²) in [4.78, 5) is 1.13. The average Bonchev–Trinajstić information content (AvgIpc) is 2.55. The third kappa shape index (κ3) is 4.86. The van der Waals surface area contributed by atoms with Gasteiger partial charge in [-0.05, 0) is 37.6 Å². The second-order valence-electron chi connectivity index (χ2n) is 5.81. The van der Waals surface area contributed by atoms with E-state index in [0.29, 0.717) is 6.42 Å². The lowest BCUT2D eigenvalue weighted by Gasteiger charge is -2.35. The first-order valence-corrected chi connectivity index (χ1v) is 9.59. The Morgan fingerprint density at radius 2 is 1.38 bits per heavy atom. The predicted octanol–water partition coefficient (Wildman–Crippen LogP) is 3.74. The van der Waals surface area contributed by atoms with E-state index >= 15 is 0 Å². The number of nitrogens with zero attached hydrogens (tertiary/aromatic N) is 1. The van der Waals surface area contributed by atoms with Crippen LogP contribution in [-0.4, -0.2) is 42.9 Å². The Bertz CT molecular complexity index is 671. The van der Waals surface area contributed by atoms with Gasteiger partial charge in [-0.3, -0.25) is 0 Å². The van der Waals surface area contributed by atoms with Gasteiger partial charge in [0, 0.05) is 20.0 Å². The summed E-state index contributed by atoms with van der Waals surface area (Å²) in [7, 11) is -5.83. The van der Waals surface area contributed by atoms with Crippen molar-refractivity contribution in [3.63, 3.8) is 0 Å². The molecule has 0 N–H and O–H groups in total. The number of rotatable bonds is 4. The van der Waals surface area contributed by atoms with E-state index in [1.54, 1.807) is 0 Å². The highest BCUT2D eigenvalue weighted by Gasteiger charge is 2.76. The molecule has 0 spiro atoms. The summed E-state index contributed by atoms with van der Waals surface area (Å²) in [5.74, 6) is -11.1. The van der Waals surface area contributed by atoms with Crippen molar-refractivity contribution >= 4 is 22.7 Å². The highest BCUT2D eigenvalue weighted by Crippen LogP contribution is 2.49. The van der Waals surface area contributed by atoms with E-state index in [9.17, 15) is 34.8 Å². The lowest BCUT2D eigenvalue weighted by atomic mass is 10.2. The van der Waals surface area contributed by atoms with E-state index in [1.165, 1.54) is 0 Å². The molecule has 0 radical (unpaired) electrons. The zero-order valence-corrected chi connectivity index (χ0v) is 15.7. The monoisotopic (exact) mass is 424 g/mol. The van der Waals surface area contributed by atoms with E-state index in [-0.39, 0.29) is 30.2 Å². The number of sulfonamides is 1. The molecule has 0 aliphatic carbocycles. The maximum absolute atomic E-state index is 13.4. The molecule has 1 aromatic rings. The standard InChI is InChI=1S/C9H13F6NO2S.C6H6S/c1-7(10,11)8(12,13)9(14,15)19(17,18)16-5-3-2-4-6-16;7-6-4-2-1-3-5-6/h2-6H2,1H3;1-5,7H/p+1. The molecule has 2 rings (SSSR count). The maximum atomic E-state index is 13.4. The van der Waals surface area contributed by atoms with Crippen LogP contribution in [0, 0.1) is 0 Å². The van der Waals surface area contributed by atoms with Crippen molar-refractivity contribution < 1.29 is 34.8 Å². The fraction of sp³-hybridized carbons (Fsp3) is 0.600. The molecular formula is C15H20F6NO2S2+. The van der Waals surface area contributed by atoms with Gasteiger partial charge in [-0.15, -0.1) is 0 Å². The molecule has 0 atom stereocenters. The van der Waals surface area contributed by atoms with Gasteiger partial charge in [0.2, 0.25) is 0 Å². The Balaban J connectivity index is 0.000000401. The number of halogens is 6. The van der Waals surface area contributed by atoms with Crippen LogP contribution in [-0.2, 0) is 22.7 Å². The molecule has 1 aliphatic rings. The molecule has 1 aromatic carbocycles. The third-order valence-corrected chi connectivity index (χ3v) is 5.95. The van der Waals surface area contributed by atoms with Crippen molar-refractivity contribution in [2.24, 2.45) is 0 Å². The van der Waals surface area contributed by atoms with Crippen molar-refractivity contribution in [3.8, 4) is 0 Å². The quantitative estimate of drug-likeness (QED) is 0.546. The fourth-order valence-corrected chi connectivity index (χ4v) is 3.88. The zero-order chi connectivity index (χ0) is 20.2. The molecule has 150 valence electrons. The first-order chi connectivity index (χ1) is 11.7. The van der Waals surface area contributed by atoms with Crippen molar-refractivity contribution in [1.29, 1.82) is 0 Å². The van der Waals surface area contributed by atoms with Crippen molar-refractivity contribution in [3.05, 3.63) is 30.3 Å². The Kier molecular flexibility index (Phi) is 7.45. The van der Waals surface area contributed by atoms with E-state index in [0.717, 1.165) is 4.90 Å². The lowest BCUT2D eigenvalue weighted by molar-refractivity contribution is -0.272. The average molecular weight is 424 g/mol. The van der Waals surface area contributed by atoms with Crippen LogP contribution in [0.5, 0.6) is 0 Å². The molecule has 1 fully saturated rings. The molecule has 0 aromatic heterocycles. The zero-order valence-electron chi connectivity index (χ0n) is 13.9. The van der Waals surface area contributed by atoms with Gasteiger partial charge >= 0.3 is 17.1 Å². The first-order valence-electron chi connectivity index (χ1n) is 7.65.